The lowest BCUT2D eigenvalue weighted by atomic mass is 9.49. The van der Waals surface area contributed by atoms with E-state index in [1.165, 1.54) is 0 Å². The summed E-state index contributed by atoms with van der Waals surface area (Å²) >= 11 is 0. The Morgan fingerprint density at radius 3 is 2.78 bits per heavy atom. The highest BCUT2D eigenvalue weighted by atomic mass is 16.8. The zero-order valence-electron chi connectivity index (χ0n) is 9.99. The maximum Gasteiger partial charge on any atom is 0.354 e. The van der Waals surface area contributed by atoms with Crippen molar-refractivity contribution < 1.29 is 19.2 Å². The standard InChI is InChI=1S/C13H15BO4/c15-14(9-4-2-1-3-5-9)12-11-6-10-7-17-13(11,18-12)8-16-10/h1-5,10-12,15H,6-8H2/t10-,11+,12?,13?/m0/s1. The summed E-state index contributed by atoms with van der Waals surface area (Å²) in [4.78, 5) is 0. The van der Waals surface area contributed by atoms with Gasteiger partial charge in [-0.15, -0.1) is 0 Å². The highest BCUT2D eigenvalue weighted by molar-refractivity contribution is 6.67. The summed E-state index contributed by atoms with van der Waals surface area (Å²) in [5.41, 5.74) is 0.903. The van der Waals surface area contributed by atoms with Crippen molar-refractivity contribution in [1.29, 1.82) is 0 Å². The first kappa shape index (κ1) is 11.0. The molecule has 1 N–H and O–H groups in total. The molecule has 4 aliphatic heterocycles. The fourth-order valence-electron chi connectivity index (χ4n) is 3.28. The van der Waals surface area contributed by atoms with Crippen molar-refractivity contribution in [3.05, 3.63) is 30.3 Å². The lowest BCUT2D eigenvalue weighted by Crippen LogP contribution is -2.76. The molecule has 1 aromatic carbocycles. The Labute approximate surface area is 106 Å². The average Bonchev–Trinajstić information content (AvgIpc) is 2.43. The number of benzene rings is 1. The first-order valence-corrected chi connectivity index (χ1v) is 6.45. The Bertz CT molecular complexity index is 444. The van der Waals surface area contributed by atoms with E-state index in [0.29, 0.717) is 13.2 Å². The van der Waals surface area contributed by atoms with Crippen LogP contribution in [-0.2, 0) is 14.2 Å². The van der Waals surface area contributed by atoms with E-state index in [1.807, 2.05) is 30.3 Å². The van der Waals surface area contributed by atoms with Crippen LogP contribution in [0.4, 0.5) is 0 Å². The number of fused-ring (bicyclic) bond motifs is 2. The lowest BCUT2D eigenvalue weighted by molar-refractivity contribution is -0.440. The van der Waals surface area contributed by atoms with E-state index in [1.54, 1.807) is 0 Å². The van der Waals surface area contributed by atoms with Gasteiger partial charge in [-0.05, 0) is 11.9 Å². The summed E-state index contributed by atoms with van der Waals surface area (Å²) in [7, 11) is 0. The zero-order valence-corrected chi connectivity index (χ0v) is 9.99. The normalized spacial score (nSPS) is 41.1. The van der Waals surface area contributed by atoms with Gasteiger partial charge in [0, 0.05) is 5.92 Å². The van der Waals surface area contributed by atoms with E-state index in [0.717, 1.165) is 11.9 Å². The van der Waals surface area contributed by atoms with E-state index in [2.05, 4.69) is 0 Å². The van der Waals surface area contributed by atoms with Crippen molar-refractivity contribution in [1.82, 2.24) is 0 Å². The highest BCUT2D eigenvalue weighted by Crippen LogP contribution is 2.50. The van der Waals surface area contributed by atoms with Gasteiger partial charge in [0.1, 0.15) is 6.61 Å². The molecule has 0 radical (unpaired) electrons. The topological polar surface area (TPSA) is 47.9 Å². The van der Waals surface area contributed by atoms with Gasteiger partial charge >= 0.3 is 6.92 Å². The SMILES string of the molecule is OB(c1ccccc1)C1OC23CO[C@H](CO2)C[C@H]13. The molecule has 4 nitrogen and oxygen atoms in total. The van der Waals surface area contributed by atoms with Gasteiger partial charge in [0.15, 0.2) is 5.79 Å². The third kappa shape index (κ3) is 1.42. The minimum absolute atomic E-state index is 0.168. The molecular weight excluding hydrogens is 231 g/mol. The Morgan fingerprint density at radius 1 is 1.28 bits per heavy atom. The molecule has 94 valence electrons. The average molecular weight is 246 g/mol. The minimum Gasteiger partial charge on any atom is -0.445 e. The van der Waals surface area contributed by atoms with Gasteiger partial charge in [-0.3, -0.25) is 0 Å². The summed E-state index contributed by atoms with van der Waals surface area (Å²) < 4.78 is 17.2. The lowest BCUT2D eigenvalue weighted by Gasteiger charge is -2.61. The zero-order chi connectivity index (χ0) is 12.2. The molecule has 1 spiro atoms. The second-order valence-corrected chi connectivity index (χ2v) is 5.34. The molecule has 2 bridgehead atoms. The van der Waals surface area contributed by atoms with Crippen LogP contribution in [0.1, 0.15) is 6.42 Å². The van der Waals surface area contributed by atoms with Gasteiger partial charge in [-0.1, -0.05) is 30.3 Å². The number of hydrogen-bond donors (Lipinski definition) is 1. The van der Waals surface area contributed by atoms with Crippen LogP contribution >= 0.6 is 0 Å². The summed E-state index contributed by atoms with van der Waals surface area (Å²) in [6, 6.07) is 9.49. The van der Waals surface area contributed by atoms with Crippen molar-refractivity contribution in [2.75, 3.05) is 13.2 Å². The van der Waals surface area contributed by atoms with Crippen LogP contribution in [0.2, 0.25) is 0 Å². The third-order valence-electron chi connectivity index (χ3n) is 4.30. The van der Waals surface area contributed by atoms with Crippen LogP contribution in [0.3, 0.4) is 0 Å². The fourth-order valence-corrected chi connectivity index (χ4v) is 3.28. The smallest absolute Gasteiger partial charge is 0.354 e. The maximum absolute atomic E-state index is 10.4. The molecule has 4 aliphatic rings. The van der Waals surface area contributed by atoms with Gasteiger partial charge in [-0.2, -0.15) is 0 Å². The van der Waals surface area contributed by atoms with Crippen LogP contribution in [0.15, 0.2) is 30.3 Å². The van der Waals surface area contributed by atoms with Crippen molar-refractivity contribution >= 4 is 12.4 Å². The van der Waals surface area contributed by atoms with Gasteiger partial charge in [0.2, 0.25) is 0 Å². The van der Waals surface area contributed by atoms with Crippen molar-refractivity contribution in [3.8, 4) is 0 Å². The van der Waals surface area contributed by atoms with Crippen molar-refractivity contribution in [2.24, 2.45) is 5.92 Å². The molecule has 0 aliphatic carbocycles. The van der Waals surface area contributed by atoms with Crippen LogP contribution in [0.5, 0.6) is 0 Å². The molecule has 0 amide bonds. The van der Waals surface area contributed by atoms with Crippen molar-refractivity contribution in [3.63, 3.8) is 0 Å². The quantitative estimate of drug-likeness (QED) is 0.743. The first-order valence-electron chi connectivity index (χ1n) is 6.45. The predicted molar refractivity (Wildman–Crippen MR) is 65.5 cm³/mol. The third-order valence-corrected chi connectivity index (χ3v) is 4.30. The first-order chi connectivity index (χ1) is 8.78. The molecule has 4 fully saturated rings. The monoisotopic (exact) mass is 246 g/mol. The molecule has 5 rings (SSSR count). The Balaban J connectivity index is 1.55. The molecule has 0 saturated carbocycles. The molecule has 1 aromatic rings. The van der Waals surface area contributed by atoms with Crippen LogP contribution in [-0.4, -0.2) is 43.0 Å². The van der Waals surface area contributed by atoms with Crippen LogP contribution < -0.4 is 5.46 Å². The van der Waals surface area contributed by atoms with E-state index >= 15 is 0 Å². The molecule has 18 heavy (non-hydrogen) atoms. The maximum atomic E-state index is 10.4. The van der Waals surface area contributed by atoms with Crippen LogP contribution in [0, 0.1) is 5.92 Å². The fraction of sp³-hybridized carbons (Fsp3) is 0.538. The molecule has 4 heterocycles. The Hall–Kier alpha value is -0.875. The largest absolute Gasteiger partial charge is 0.445 e. The second kappa shape index (κ2) is 3.81. The van der Waals surface area contributed by atoms with E-state index in [9.17, 15) is 5.02 Å². The van der Waals surface area contributed by atoms with Gasteiger partial charge in [-0.25, -0.2) is 0 Å². The number of rotatable bonds is 2. The number of hydrogen-bond acceptors (Lipinski definition) is 4. The second-order valence-electron chi connectivity index (χ2n) is 5.34. The predicted octanol–water partition coefficient (Wildman–Crippen LogP) is -0.0530. The molecule has 0 aromatic heterocycles. The van der Waals surface area contributed by atoms with Crippen molar-refractivity contribution in [2.45, 2.75) is 24.3 Å². The summed E-state index contributed by atoms with van der Waals surface area (Å²) in [6.07, 6.45) is 1.10. The van der Waals surface area contributed by atoms with Gasteiger partial charge in [0.05, 0.1) is 18.7 Å². The Kier molecular flexibility index (Phi) is 2.33. The summed E-state index contributed by atoms with van der Waals surface area (Å²) in [5, 5.41) is 10.4. The van der Waals surface area contributed by atoms with Crippen LogP contribution in [0.25, 0.3) is 0 Å². The highest BCUT2D eigenvalue weighted by Gasteiger charge is 2.65. The molecule has 4 saturated heterocycles. The minimum atomic E-state index is -0.579. The molecule has 4 atom stereocenters. The summed E-state index contributed by atoms with van der Waals surface area (Å²) in [5.74, 6) is -0.324. The Morgan fingerprint density at radius 2 is 2.11 bits per heavy atom. The number of ether oxygens (including phenoxy) is 3. The van der Waals surface area contributed by atoms with Gasteiger partial charge in [0.25, 0.3) is 0 Å². The van der Waals surface area contributed by atoms with E-state index < -0.39 is 12.7 Å². The van der Waals surface area contributed by atoms with E-state index in [-0.39, 0.29) is 18.0 Å². The summed E-state index contributed by atoms with van der Waals surface area (Å²) in [6.45, 7) is 0.537. The molecular formula is C13H15BO4. The molecule has 5 heteroatoms. The van der Waals surface area contributed by atoms with Gasteiger partial charge < -0.3 is 19.2 Å². The van der Waals surface area contributed by atoms with E-state index in [4.69, 9.17) is 14.2 Å². The molecule has 2 unspecified atom stereocenters.